The average Bonchev–Trinajstić information content (AvgIpc) is 2.70. The number of carbonyl (C=O) groups is 1. The molecule has 1 rings (SSSR count). The van der Waals surface area contributed by atoms with Crippen molar-refractivity contribution in [3.05, 3.63) is 18.2 Å². The number of hydrogen-bond acceptors (Lipinski definition) is 2. The highest BCUT2D eigenvalue weighted by Gasteiger charge is 2.13. The summed E-state index contributed by atoms with van der Waals surface area (Å²) in [6.45, 7) is 1.92. The summed E-state index contributed by atoms with van der Waals surface area (Å²) in [6.07, 6.45) is 7.89. The molecule has 0 spiro atoms. The normalized spacial score (nSPS) is 12.6. The molecule has 1 unspecified atom stereocenters. The van der Waals surface area contributed by atoms with Gasteiger partial charge in [-0.1, -0.05) is 13.3 Å². The second kappa shape index (κ2) is 6.22. The minimum absolute atomic E-state index is 0.179. The van der Waals surface area contributed by atoms with Gasteiger partial charge in [-0.05, 0) is 19.3 Å². The number of rotatable bonds is 7. The van der Waals surface area contributed by atoms with Crippen molar-refractivity contribution in [3.63, 3.8) is 0 Å². The van der Waals surface area contributed by atoms with Crippen LogP contribution in [0.15, 0.2) is 12.4 Å². The van der Waals surface area contributed by atoms with Gasteiger partial charge in [-0.15, -0.1) is 0 Å². The van der Waals surface area contributed by atoms with Gasteiger partial charge in [-0.25, -0.2) is 4.98 Å². The number of imidazole rings is 1. The van der Waals surface area contributed by atoms with Crippen molar-refractivity contribution in [2.75, 3.05) is 0 Å². The highest BCUT2D eigenvalue weighted by Crippen LogP contribution is 2.13. The number of H-pyrrole nitrogens is 1. The van der Waals surface area contributed by atoms with Crippen LogP contribution in [0.3, 0.4) is 0 Å². The molecule has 0 aliphatic heterocycles. The number of hydrogen-bond donors (Lipinski definition) is 2. The van der Waals surface area contributed by atoms with Gasteiger partial charge in [0.25, 0.3) is 0 Å². The van der Waals surface area contributed by atoms with E-state index in [1.54, 1.807) is 12.4 Å². The van der Waals surface area contributed by atoms with E-state index in [1.807, 2.05) is 6.92 Å². The lowest BCUT2D eigenvalue weighted by Crippen LogP contribution is -2.12. The number of aliphatic carboxylic acids is 1. The number of aryl methyl sites for hydroxylation is 1. The van der Waals surface area contributed by atoms with Crippen LogP contribution in [0.4, 0.5) is 0 Å². The van der Waals surface area contributed by atoms with Crippen molar-refractivity contribution in [2.45, 2.75) is 39.0 Å². The van der Waals surface area contributed by atoms with Crippen molar-refractivity contribution in [3.8, 4) is 0 Å². The summed E-state index contributed by atoms with van der Waals surface area (Å²) in [5.41, 5.74) is 0. The Labute approximate surface area is 89.7 Å². The molecular weight excluding hydrogens is 192 g/mol. The first kappa shape index (κ1) is 11.8. The summed E-state index contributed by atoms with van der Waals surface area (Å²) < 4.78 is 0. The molecule has 1 aromatic rings. The van der Waals surface area contributed by atoms with Crippen LogP contribution in [-0.4, -0.2) is 21.0 Å². The van der Waals surface area contributed by atoms with Crippen molar-refractivity contribution >= 4 is 5.97 Å². The zero-order valence-corrected chi connectivity index (χ0v) is 9.07. The van der Waals surface area contributed by atoms with Crippen LogP contribution in [0.2, 0.25) is 0 Å². The number of nitrogens with zero attached hydrogens (tertiary/aromatic N) is 1. The van der Waals surface area contributed by atoms with Gasteiger partial charge in [-0.2, -0.15) is 0 Å². The summed E-state index contributed by atoms with van der Waals surface area (Å²) in [7, 11) is 0. The van der Waals surface area contributed by atoms with E-state index in [4.69, 9.17) is 5.11 Å². The van der Waals surface area contributed by atoms with Crippen molar-refractivity contribution in [1.82, 2.24) is 9.97 Å². The molecule has 4 nitrogen and oxygen atoms in total. The fraction of sp³-hybridized carbons (Fsp3) is 0.636. The van der Waals surface area contributed by atoms with E-state index in [-0.39, 0.29) is 5.92 Å². The third kappa shape index (κ3) is 4.14. The lowest BCUT2D eigenvalue weighted by molar-refractivity contribution is -0.142. The number of unbranched alkanes of at least 4 members (excludes halogenated alkanes) is 1. The third-order valence-electron chi connectivity index (χ3n) is 2.61. The molecule has 0 saturated carbocycles. The zero-order chi connectivity index (χ0) is 11.1. The van der Waals surface area contributed by atoms with Gasteiger partial charge >= 0.3 is 5.97 Å². The van der Waals surface area contributed by atoms with Gasteiger partial charge in [0, 0.05) is 18.8 Å². The van der Waals surface area contributed by atoms with E-state index in [0.717, 1.165) is 37.9 Å². The fourth-order valence-electron chi connectivity index (χ4n) is 1.62. The second-order valence-electron chi connectivity index (χ2n) is 3.73. The summed E-state index contributed by atoms with van der Waals surface area (Å²) in [4.78, 5) is 17.9. The first-order chi connectivity index (χ1) is 7.24. The van der Waals surface area contributed by atoms with E-state index >= 15 is 0 Å². The predicted octanol–water partition coefficient (Wildman–Crippen LogP) is 2.23. The Morgan fingerprint density at radius 1 is 1.60 bits per heavy atom. The molecule has 0 saturated heterocycles. The Morgan fingerprint density at radius 2 is 2.40 bits per heavy atom. The number of carboxylic acid groups (broad SMARTS) is 1. The fourth-order valence-corrected chi connectivity index (χ4v) is 1.62. The molecule has 0 amide bonds. The first-order valence-electron chi connectivity index (χ1n) is 5.45. The molecule has 1 aromatic heterocycles. The van der Waals surface area contributed by atoms with Gasteiger partial charge in [0.05, 0.1) is 5.92 Å². The molecule has 15 heavy (non-hydrogen) atoms. The maximum Gasteiger partial charge on any atom is 0.306 e. The van der Waals surface area contributed by atoms with E-state index in [0.29, 0.717) is 0 Å². The standard InChI is InChI=1S/C11H18N2O2/c1-2-9(11(14)15)5-3-4-6-10-12-7-8-13-10/h7-9H,2-6H2,1H3,(H,12,13)(H,14,15). The molecule has 0 fully saturated rings. The van der Waals surface area contributed by atoms with Gasteiger partial charge in [0.1, 0.15) is 5.82 Å². The lowest BCUT2D eigenvalue weighted by atomic mass is 9.99. The summed E-state index contributed by atoms with van der Waals surface area (Å²) in [6, 6.07) is 0. The topological polar surface area (TPSA) is 66.0 Å². The largest absolute Gasteiger partial charge is 0.481 e. The Kier molecular flexibility index (Phi) is 4.87. The highest BCUT2D eigenvalue weighted by atomic mass is 16.4. The van der Waals surface area contributed by atoms with E-state index in [9.17, 15) is 4.79 Å². The number of carboxylic acids is 1. The Bertz CT molecular complexity index is 283. The van der Waals surface area contributed by atoms with Gasteiger partial charge in [-0.3, -0.25) is 4.79 Å². The van der Waals surface area contributed by atoms with E-state index in [1.165, 1.54) is 0 Å². The number of aromatic nitrogens is 2. The second-order valence-corrected chi connectivity index (χ2v) is 3.73. The quantitative estimate of drug-likeness (QED) is 0.678. The molecule has 84 valence electrons. The molecule has 4 heteroatoms. The molecule has 0 aliphatic carbocycles. The van der Waals surface area contributed by atoms with E-state index in [2.05, 4.69) is 9.97 Å². The van der Waals surface area contributed by atoms with Crippen LogP contribution in [0, 0.1) is 5.92 Å². The van der Waals surface area contributed by atoms with Crippen LogP contribution >= 0.6 is 0 Å². The summed E-state index contributed by atoms with van der Waals surface area (Å²) in [5.74, 6) is 0.135. The van der Waals surface area contributed by atoms with Crippen molar-refractivity contribution < 1.29 is 9.90 Å². The SMILES string of the molecule is CCC(CCCCc1ncc[nH]1)C(=O)O. The first-order valence-corrected chi connectivity index (χ1v) is 5.45. The minimum atomic E-state index is -0.671. The van der Waals surface area contributed by atoms with Gasteiger partial charge in [0.15, 0.2) is 0 Å². The predicted molar refractivity (Wildman–Crippen MR) is 57.6 cm³/mol. The highest BCUT2D eigenvalue weighted by molar-refractivity contribution is 5.69. The Morgan fingerprint density at radius 3 is 2.93 bits per heavy atom. The summed E-state index contributed by atoms with van der Waals surface area (Å²) in [5, 5.41) is 8.84. The maximum atomic E-state index is 10.7. The molecular formula is C11H18N2O2. The van der Waals surface area contributed by atoms with Crippen LogP contribution in [0.25, 0.3) is 0 Å². The molecule has 1 atom stereocenters. The lowest BCUT2D eigenvalue weighted by Gasteiger charge is -2.08. The van der Waals surface area contributed by atoms with Crippen molar-refractivity contribution in [2.24, 2.45) is 5.92 Å². The van der Waals surface area contributed by atoms with Crippen molar-refractivity contribution in [1.29, 1.82) is 0 Å². The molecule has 0 aliphatic rings. The number of nitrogens with one attached hydrogen (secondary N) is 1. The monoisotopic (exact) mass is 210 g/mol. The molecule has 2 N–H and O–H groups in total. The molecule has 0 bridgehead atoms. The molecule has 0 aromatic carbocycles. The number of aromatic amines is 1. The zero-order valence-electron chi connectivity index (χ0n) is 9.07. The Balaban J connectivity index is 2.13. The van der Waals surface area contributed by atoms with E-state index < -0.39 is 5.97 Å². The maximum absolute atomic E-state index is 10.7. The average molecular weight is 210 g/mol. The van der Waals surface area contributed by atoms with Gasteiger partial charge < -0.3 is 10.1 Å². The Hall–Kier alpha value is -1.32. The van der Waals surface area contributed by atoms with Crippen LogP contribution < -0.4 is 0 Å². The molecule has 0 radical (unpaired) electrons. The third-order valence-corrected chi connectivity index (χ3v) is 2.61. The van der Waals surface area contributed by atoms with Crippen LogP contribution in [0.5, 0.6) is 0 Å². The minimum Gasteiger partial charge on any atom is -0.481 e. The van der Waals surface area contributed by atoms with Crippen LogP contribution in [-0.2, 0) is 11.2 Å². The van der Waals surface area contributed by atoms with Gasteiger partial charge in [0.2, 0.25) is 0 Å². The summed E-state index contributed by atoms with van der Waals surface area (Å²) >= 11 is 0. The van der Waals surface area contributed by atoms with Crippen LogP contribution in [0.1, 0.15) is 38.4 Å². The smallest absolute Gasteiger partial charge is 0.306 e. The molecule has 1 heterocycles.